The number of halogens is 1. The van der Waals surface area contributed by atoms with E-state index in [9.17, 15) is 14.4 Å². The highest BCUT2D eigenvalue weighted by Gasteiger charge is 2.21. The van der Waals surface area contributed by atoms with Crippen LogP contribution >= 0.6 is 23.4 Å². The van der Waals surface area contributed by atoms with Gasteiger partial charge in [-0.2, -0.15) is 0 Å². The summed E-state index contributed by atoms with van der Waals surface area (Å²) in [6.07, 6.45) is 5.04. The minimum atomic E-state index is -0.326. The van der Waals surface area contributed by atoms with Crippen LogP contribution in [0, 0.1) is 5.92 Å². The predicted octanol–water partition coefficient (Wildman–Crippen LogP) is 2.74. The minimum Gasteiger partial charge on any atom is -0.325 e. The van der Waals surface area contributed by atoms with Crippen molar-refractivity contribution in [2.45, 2.75) is 32.1 Å². The lowest BCUT2D eigenvalue weighted by atomic mass is 9.89. The van der Waals surface area contributed by atoms with E-state index in [4.69, 9.17) is 11.6 Å². The summed E-state index contributed by atoms with van der Waals surface area (Å²) >= 11 is 6.95. The normalized spacial score (nSPS) is 14.6. The fourth-order valence-electron chi connectivity index (χ4n) is 2.60. The number of rotatable bonds is 6. The van der Waals surface area contributed by atoms with Gasteiger partial charge in [0.2, 0.25) is 17.7 Å². The second kappa shape index (κ2) is 10.3. The molecule has 0 unspecified atom stereocenters. The summed E-state index contributed by atoms with van der Waals surface area (Å²) in [5, 5.41) is 3.31. The molecule has 0 radical (unpaired) electrons. The van der Waals surface area contributed by atoms with Crippen molar-refractivity contribution in [2.24, 2.45) is 5.92 Å². The second-order valence-corrected chi connectivity index (χ2v) is 7.34. The Hall–Kier alpha value is -1.73. The van der Waals surface area contributed by atoms with Gasteiger partial charge in [0.25, 0.3) is 0 Å². The van der Waals surface area contributed by atoms with E-state index in [0.29, 0.717) is 10.7 Å². The lowest BCUT2D eigenvalue weighted by Crippen LogP contribution is -2.45. The Kier molecular flexibility index (Phi) is 8.08. The molecule has 1 aromatic carbocycles. The van der Waals surface area contributed by atoms with Crippen LogP contribution in [0.5, 0.6) is 0 Å². The fourth-order valence-corrected chi connectivity index (χ4v) is 3.34. The van der Waals surface area contributed by atoms with Gasteiger partial charge >= 0.3 is 0 Å². The van der Waals surface area contributed by atoms with Crippen molar-refractivity contribution >= 4 is 46.8 Å². The summed E-state index contributed by atoms with van der Waals surface area (Å²) in [4.78, 5) is 35.4. The second-order valence-electron chi connectivity index (χ2n) is 5.92. The first-order chi connectivity index (χ1) is 12.0. The molecule has 0 heterocycles. The van der Waals surface area contributed by atoms with Crippen LogP contribution in [0.1, 0.15) is 32.1 Å². The SMILES string of the molecule is O=C(CSCC(=O)Nc1ccc(Cl)cc1)NNC(=O)C1CCCCC1. The number of hydrazine groups is 1. The molecule has 0 aromatic heterocycles. The lowest BCUT2D eigenvalue weighted by molar-refractivity contribution is -0.131. The average molecular weight is 384 g/mol. The molecule has 3 amide bonds. The smallest absolute Gasteiger partial charge is 0.248 e. The molecule has 1 saturated carbocycles. The number of carbonyl (C=O) groups excluding carboxylic acids is 3. The fraction of sp³-hybridized carbons (Fsp3) is 0.471. The van der Waals surface area contributed by atoms with Crippen molar-refractivity contribution < 1.29 is 14.4 Å². The van der Waals surface area contributed by atoms with Gasteiger partial charge in [0, 0.05) is 16.6 Å². The number of thioether (sulfide) groups is 1. The molecular formula is C17H22ClN3O3S. The van der Waals surface area contributed by atoms with Crippen LogP contribution in [0.3, 0.4) is 0 Å². The topological polar surface area (TPSA) is 87.3 Å². The standard InChI is InChI=1S/C17H22ClN3O3S/c18-13-6-8-14(9-7-13)19-15(22)10-25-11-16(23)20-21-17(24)12-4-2-1-3-5-12/h6-9,12H,1-5,10-11H2,(H,19,22)(H,20,23)(H,21,24). The first-order valence-corrected chi connectivity index (χ1v) is 9.80. The van der Waals surface area contributed by atoms with E-state index < -0.39 is 0 Å². The number of hydrogen-bond donors (Lipinski definition) is 3. The lowest BCUT2D eigenvalue weighted by Gasteiger charge is -2.20. The van der Waals surface area contributed by atoms with Gasteiger partial charge in [0.1, 0.15) is 0 Å². The molecule has 3 N–H and O–H groups in total. The Morgan fingerprint density at radius 3 is 2.28 bits per heavy atom. The van der Waals surface area contributed by atoms with E-state index in [1.165, 1.54) is 18.2 Å². The van der Waals surface area contributed by atoms with E-state index in [-0.39, 0.29) is 35.1 Å². The van der Waals surface area contributed by atoms with E-state index >= 15 is 0 Å². The molecule has 1 aliphatic carbocycles. The van der Waals surface area contributed by atoms with Crippen LogP contribution in [0.25, 0.3) is 0 Å². The maximum absolute atomic E-state index is 11.9. The highest BCUT2D eigenvalue weighted by atomic mass is 35.5. The predicted molar refractivity (Wildman–Crippen MR) is 100 cm³/mol. The summed E-state index contributed by atoms with van der Waals surface area (Å²) in [5.41, 5.74) is 5.53. The number of hydrogen-bond acceptors (Lipinski definition) is 4. The Balaban J connectivity index is 1.59. The largest absolute Gasteiger partial charge is 0.325 e. The zero-order chi connectivity index (χ0) is 18.1. The Morgan fingerprint density at radius 1 is 0.960 bits per heavy atom. The van der Waals surface area contributed by atoms with E-state index in [1.807, 2.05) is 0 Å². The van der Waals surface area contributed by atoms with Gasteiger partial charge in [-0.15, -0.1) is 11.8 Å². The molecule has 136 valence electrons. The van der Waals surface area contributed by atoms with Gasteiger partial charge in [0.15, 0.2) is 0 Å². The first kappa shape index (κ1) is 19.6. The molecule has 6 nitrogen and oxygen atoms in total. The molecule has 2 rings (SSSR count). The first-order valence-electron chi connectivity index (χ1n) is 8.26. The van der Waals surface area contributed by atoms with Gasteiger partial charge in [-0.3, -0.25) is 25.2 Å². The highest BCUT2D eigenvalue weighted by Crippen LogP contribution is 2.23. The number of anilines is 1. The van der Waals surface area contributed by atoms with Gasteiger partial charge in [-0.25, -0.2) is 0 Å². The Bertz CT molecular complexity index is 604. The molecule has 0 aliphatic heterocycles. The minimum absolute atomic E-state index is 0.00754. The van der Waals surface area contributed by atoms with Crippen molar-refractivity contribution in [3.05, 3.63) is 29.3 Å². The average Bonchev–Trinajstić information content (AvgIpc) is 2.62. The molecule has 0 atom stereocenters. The molecule has 0 bridgehead atoms. The van der Waals surface area contributed by atoms with Crippen LogP contribution in [-0.2, 0) is 14.4 Å². The molecule has 1 aliphatic rings. The zero-order valence-corrected chi connectivity index (χ0v) is 15.4. The van der Waals surface area contributed by atoms with Crippen molar-refractivity contribution in [3.63, 3.8) is 0 Å². The Labute approximate surface area is 156 Å². The molecule has 25 heavy (non-hydrogen) atoms. The van der Waals surface area contributed by atoms with Crippen LogP contribution in [0.15, 0.2) is 24.3 Å². The van der Waals surface area contributed by atoms with Crippen LogP contribution in [-0.4, -0.2) is 29.2 Å². The molecule has 8 heteroatoms. The maximum Gasteiger partial charge on any atom is 0.248 e. The quantitative estimate of drug-likeness (QED) is 0.659. The molecule has 1 fully saturated rings. The molecule has 0 spiro atoms. The number of nitrogens with one attached hydrogen (secondary N) is 3. The Morgan fingerprint density at radius 2 is 1.60 bits per heavy atom. The van der Waals surface area contributed by atoms with Crippen molar-refractivity contribution in [2.75, 3.05) is 16.8 Å². The molecule has 1 aromatic rings. The van der Waals surface area contributed by atoms with Crippen molar-refractivity contribution in [1.29, 1.82) is 0 Å². The van der Waals surface area contributed by atoms with Crippen LogP contribution in [0.2, 0.25) is 5.02 Å². The van der Waals surface area contributed by atoms with E-state index in [0.717, 1.165) is 25.7 Å². The van der Waals surface area contributed by atoms with Crippen LogP contribution < -0.4 is 16.2 Å². The van der Waals surface area contributed by atoms with Gasteiger partial charge in [-0.05, 0) is 37.1 Å². The van der Waals surface area contributed by atoms with Crippen molar-refractivity contribution in [3.8, 4) is 0 Å². The van der Waals surface area contributed by atoms with E-state index in [1.54, 1.807) is 24.3 Å². The van der Waals surface area contributed by atoms with Crippen molar-refractivity contribution in [1.82, 2.24) is 10.9 Å². The summed E-state index contributed by atoms with van der Waals surface area (Å²) in [6, 6.07) is 6.79. The molecule has 0 saturated heterocycles. The third-order valence-corrected chi connectivity index (χ3v) is 5.08. The summed E-state index contributed by atoms with van der Waals surface area (Å²) in [7, 11) is 0. The van der Waals surface area contributed by atoms with E-state index in [2.05, 4.69) is 16.2 Å². The number of benzene rings is 1. The van der Waals surface area contributed by atoms with Gasteiger partial charge in [0.05, 0.1) is 11.5 Å². The summed E-state index contributed by atoms with van der Waals surface area (Å²) in [5.74, 6) is -0.420. The van der Waals surface area contributed by atoms with Gasteiger partial charge in [-0.1, -0.05) is 30.9 Å². The summed E-state index contributed by atoms with van der Waals surface area (Å²) in [6.45, 7) is 0. The molecular weight excluding hydrogens is 362 g/mol. The third kappa shape index (κ3) is 7.36. The van der Waals surface area contributed by atoms with Crippen LogP contribution in [0.4, 0.5) is 5.69 Å². The zero-order valence-electron chi connectivity index (χ0n) is 13.8. The summed E-state index contributed by atoms with van der Waals surface area (Å²) < 4.78 is 0. The highest BCUT2D eigenvalue weighted by molar-refractivity contribution is 8.00. The number of carbonyl (C=O) groups is 3. The number of amides is 3. The van der Waals surface area contributed by atoms with Gasteiger partial charge < -0.3 is 5.32 Å². The third-order valence-electron chi connectivity index (χ3n) is 3.90. The maximum atomic E-state index is 11.9. The monoisotopic (exact) mass is 383 g/mol.